The van der Waals surface area contributed by atoms with Gasteiger partial charge in [-0.25, -0.2) is 4.40 Å². The summed E-state index contributed by atoms with van der Waals surface area (Å²) >= 11 is 13.8. The van der Waals surface area contributed by atoms with Crippen LogP contribution >= 0.6 is 35.1 Å². The van der Waals surface area contributed by atoms with Crippen LogP contribution in [0.4, 0.5) is 5.69 Å². The molecule has 0 saturated carbocycles. The smallest absolute Gasteiger partial charge is 0.0659 e. The summed E-state index contributed by atoms with van der Waals surface area (Å²) in [6, 6.07) is 3.69. The second kappa shape index (κ2) is 5.32. The first-order valence-corrected chi connectivity index (χ1v) is 7.38. The van der Waals surface area contributed by atoms with Gasteiger partial charge in [-0.15, -0.1) is 0 Å². The number of nitrogens with zero attached hydrogens (tertiary/aromatic N) is 1. The van der Waals surface area contributed by atoms with Gasteiger partial charge < -0.3 is 5.32 Å². The maximum Gasteiger partial charge on any atom is 0.0659 e. The summed E-state index contributed by atoms with van der Waals surface area (Å²) in [5.74, 6) is 0. The van der Waals surface area contributed by atoms with Crippen LogP contribution in [0.25, 0.3) is 0 Å². The Hall–Kier alpha value is -0.380. The second-order valence-electron chi connectivity index (χ2n) is 5.23. The molecule has 0 radical (unpaired) electrons. The summed E-state index contributed by atoms with van der Waals surface area (Å²) in [4.78, 5) is 0. The molecular formula is C13H16Cl2N2S. The third kappa shape index (κ3) is 3.34. The number of fused-ring (bicyclic) bond motifs is 1. The number of hydrogen-bond donors (Lipinski definition) is 1. The molecule has 1 aromatic rings. The third-order valence-corrected chi connectivity index (χ3v) is 3.83. The standard InChI is InChI=1S/C13H16Cl2N2S/c1-13(2,3)18-17-11-4-5-16-12-9(11)6-8(14)7-10(12)15/h6-7,16H,4-5H2,1-3H3. The molecule has 2 nitrogen and oxygen atoms in total. The SMILES string of the molecule is CC(C)(C)SN=C1CCNc2c(Cl)cc(Cl)cc21. The van der Waals surface area contributed by atoms with Crippen LogP contribution in [0.2, 0.25) is 10.0 Å². The lowest BCUT2D eigenvalue weighted by Crippen LogP contribution is -2.19. The molecule has 0 saturated heterocycles. The first kappa shape index (κ1) is 14.0. The molecule has 98 valence electrons. The van der Waals surface area contributed by atoms with Gasteiger partial charge in [-0.2, -0.15) is 0 Å². The van der Waals surface area contributed by atoms with E-state index in [-0.39, 0.29) is 4.75 Å². The molecule has 0 atom stereocenters. The van der Waals surface area contributed by atoms with E-state index in [9.17, 15) is 0 Å². The summed E-state index contributed by atoms with van der Waals surface area (Å²) in [5, 5.41) is 4.61. The molecule has 1 heterocycles. The Morgan fingerprint density at radius 2 is 2.00 bits per heavy atom. The van der Waals surface area contributed by atoms with Crippen LogP contribution in [0.5, 0.6) is 0 Å². The highest BCUT2D eigenvalue weighted by molar-refractivity contribution is 7.99. The van der Waals surface area contributed by atoms with Gasteiger partial charge in [-0.1, -0.05) is 23.2 Å². The average Bonchev–Trinajstić information content (AvgIpc) is 2.25. The third-order valence-electron chi connectivity index (χ3n) is 2.46. The fourth-order valence-corrected chi connectivity index (χ4v) is 2.84. The Bertz CT molecular complexity index is 492. The zero-order valence-corrected chi connectivity index (χ0v) is 13.0. The van der Waals surface area contributed by atoms with Gasteiger partial charge in [-0.05, 0) is 44.9 Å². The molecule has 0 spiro atoms. The summed E-state index contributed by atoms with van der Waals surface area (Å²) < 4.78 is 4.77. The van der Waals surface area contributed by atoms with Crippen LogP contribution in [0.15, 0.2) is 16.5 Å². The Balaban J connectivity index is 2.39. The molecular weight excluding hydrogens is 287 g/mol. The Labute approximate surface area is 122 Å². The molecule has 18 heavy (non-hydrogen) atoms. The van der Waals surface area contributed by atoms with E-state index in [1.165, 1.54) is 0 Å². The maximum absolute atomic E-state index is 6.19. The van der Waals surface area contributed by atoms with E-state index in [0.717, 1.165) is 29.9 Å². The number of anilines is 1. The van der Waals surface area contributed by atoms with Crippen molar-refractivity contribution in [3.05, 3.63) is 27.7 Å². The minimum absolute atomic E-state index is 0.112. The fraction of sp³-hybridized carbons (Fsp3) is 0.462. The predicted octanol–water partition coefficient (Wildman–Crippen LogP) is 5.04. The van der Waals surface area contributed by atoms with Crippen molar-refractivity contribution in [1.82, 2.24) is 0 Å². The van der Waals surface area contributed by atoms with Crippen molar-refractivity contribution in [2.24, 2.45) is 4.40 Å². The lowest BCUT2D eigenvalue weighted by atomic mass is 10.0. The molecule has 0 amide bonds. The van der Waals surface area contributed by atoms with E-state index in [1.54, 1.807) is 18.0 Å². The molecule has 1 aromatic carbocycles. The molecule has 2 rings (SSSR count). The van der Waals surface area contributed by atoms with Crippen molar-refractivity contribution < 1.29 is 0 Å². The highest BCUT2D eigenvalue weighted by Crippen LogP contribution is 2.35. The quantitative estimate of drug-likeness (QED) is 0.735. The maximum atomic E-state index is 6.19. The van der Waals surface area contributed by atoms with Gasteiger partial charge in [0.05, 0.1) is 16.4 Å². The normalized spacial score (nSPS) is 17.5. The van der Waals surface area contributed by atoms with Gasteiger partial charge in [0.2, 0.25) is 0 Å². The Kier molecular flexibility index (Phi) is 4.15. The molecule has 1 N–H and O–H groups in total. The molecule has 0 unspecified atom stereocenters. The van der Waals surface area contributed by atoms with Crippen molar-refractivity contribution in [3.63, 3.8) is 0 Å². The Morgan fingerprint density at radius 1 is 1.28 bits per heavy atom. The molecule has 0 aromatic heterocycles. The van der Waals surface area contributed by atoms with E-state index in [1.807, 2.05) is 6.07 Å². The zero-order valence-electron chi connectivity index (χ0n) is 10.7. The van der Waals surface area contributed by atoms with Crippen molar-refractivity contribution in [1.29, 1.82) is 0 Å². The molecule has 5 heteroatoms. The summed E-state index contributed by atoms with van der Waals surface area (Å²) in [5.41, 5.74) is 3.03. The van der Waals surface area contributed by atoms with Crippen molar-refractivity contribution in [3.8, 4) is 0 Å². The molecule has 0 bridgehead atoms. The Morgan fingerprint density at radius 3 is 2.67 bits per heavy atom. The van der Waals surface area contributed by atoms with Gasteiger partial charge in [0.1, 0.15) is 0 Å². The van der Waals surface area contributed by atoms with Crippen molar-refractivity contribution in [2.75, 3.05) is 11.9 Å². The monoisotopic (exact) mass is 302 g/mol. The topological polar surface area (TPSA) is 24.4 Å². The number of rotatable bonds is 1. The number of halogens is 2. The van der Waals surface area contributed by atoms with Gasteiger partial charge in [0.25, 0.3) is 0 Å². The van der Waals surface area contributed by atoms with Crippen LogP contribution in [-0.4, -0.2) is 17.0 Å². The van der Waals surface area contributed by atoms with Crippen LogP contribution < -0.4 is 5.32 Å². The number of hydrogen-bond acceptors (Lipinski definition) is 3. The first-order valence-electron chi connectivity index (χ1n) is 5.85. The largest absolute Gasteiger partial charge is 0.383 e. The molecule has 0 fully saturated rings. The van der Waals surface area contributed by atoms with Crippen LogP contribution in [0.3, 0.4) is 0 Å². The summed E-state index contributed by atoms with van der Waals surface area (Å²) in [6.45, 7) is 7.30. The van der Waals surface area contributed by atoms with E-state index in [2.05, 4.69) is 30.5 Å². The number of benzene rings is 1. The summed E-state index contributed by atoms with van der Waals surface area (Å²) in [7, 11) is 0. The molecule has 1 aliphatic heterocycles. The summed E-state index contributed by atoms with van der Waals surface area (Å²) in [6.07, 6.45) is 0.896. The first-order chi connectivity index (χ1) is 8.37. The van der Waals surface area contributed by atoms with Gasteiger partial charge in [-0.3, -0.25) is 0 Å². The fourth-order valence-electron chi connectivity index (χ4n) is 1.71. The van der Waals surface area contributed by atoms with Gasteiger partial charge >= 0.3 is 0 Å². The number of nitrogens with one attached hydrogen (secondary N) is 1. The lowest BCUT2D eigenvalue weighted by molar-refractivity contribution is 0.804. The highest BCUT2D eigenvalue weighted by Gasteiger charge is 2.20. The van der Waals surface area contributed by atoms with E-state index in [4.69, 9.17) is 23.2 Å². The van der Waals surface area contributed by atoms with E-state index >= 15 is 0 Å². The van der Waals surface area contributed by atoms with Gasteiger partial charge in [0, 0.05) is 28.3 Å². The van der Waals surface area contributed by atoms with Crippen LogP contribution in [-0.2, 0) is 0 Å². The van der Waals surface area contributed by atoms with Crippen LogP contribution in [0, 0.1) is 0 Å². The second-order valence-corrected chi connectivity index (χ2v) is 7.66. The predicted molar refractivity (Wildman–Crippen MR) is 83.4 cm³/mol. The van der Waals surface area contributed by atoms with Crippen molar-refractivity contribution in [2.45, 2.75) is 31.9 Å². The minimum Gasteiger partial charge on any atom is -0.383 e. The van der Waals surface area contributed by atoms with Crippen molar-refractivity contribution >= 4 is 46.5 Å². The van der Waals surface area contributed by atoms with E-state index < -0.39 is 0 Å². The molecule has 0 aliphatic carbocycles. The van der Waals surface area contributed by atoms with Crippen LogP contribution in [0.1, 0.15) is 32.8 Å². The lowest BCUT2D eigenvalue weighted by Gasteiger charge is -2.22. The molecule has 1 aliphatic rings. The zero-order chi connectivity index (χ0) is 13.3. The minimum atomic E-state index is 0.112. The highest BCUT2D eigenvalue weighted by atomic mass is 35.5. The average molecular weight is 303 g/mol. The van der Waals surface area contributed by atoms with E-state index in [0.29, 0.717) is 10.0 Å². The van der Waals surface area contributed by atoms with Gasteiger partial charge in [0.15, 0.2) is 0 Å².